The molecule has 0 amide bonds. The van der Waals surface area contributed by atoms with Gasteiger partial charge >= 0.3 is 0 Å². The average molecular weight is 284 g/mol. The first-order chi connectivity index (χ1) is 9.11. The van der Waals surface area contributed by atoms with Crippen molar-refractivity contribution in [3.63, 3.8) is 0 Å². The molecule has 2 rings (SSSR count). The van der Waals surface area contributed by atoms with Crippen molar-refractivity contribution >= 4 is 17.6 Å². The van der Waals surface area contributed by atoms with E-state index in [1.807, 2.05) is 6.92 Å². The molecule has 0 bridgehead atoms. The van der Waals surface area contributed by atoms with Crippen LogP contribution in [-0.2, 0) is 7.05 Å². The van der Waals surface area contributed by atoms with Gasteiger partial charge in [-0.3, -0.25) is 0 Å². The summed E-state index contributed by atoms with van der Waals surface area (Å²) < 4.78 is 28.9. The quantitative estimate of drug-likeness (QED) is 0.916. The van der Waals surface area contributed by atoms with E-state index in [0.717, 1.165) is 24.2 Å². The monoisotopic (exact) mass is 284 g/mol. The highest BCUT2D eigenvalue weighted by atomic mass is 32.2. The maximum Gasteiger partial charge on any atom is 0.174 e. The van der Waals surface area contributed by atoms with Crippen molar-refractivity contribution < 1.29 is 8.78 Å². The number of hydrogen-bond acceptors (Lipinski definition) is 4. The highest BCUT2D eigenvalue weighted by Gasteiger charge is 2.14. The van der Waals surface area contributed by atoms with Crippen molar-refractivity contribution in [3.8, 4) is 0 Å². The first kappa shape index (κ1) is 13.8. The van der Waals surface area contributed by atoms with Gasteiger partial charge in [-0.05, 0) is 18.2 Å². The Hall–Kier alpha value is -1.63. The van der Waals surface area contributed by atoms with E-state index in [1.54, 1.807) is 24.0 Å². The second-order valence-electron chi connectivity index (χ2n) is 3.96. The second kappa shape index (κ2) is 6.01. The molecule has 4 nitrogen and oxygen atoms in total. The van der Waals surface area contributed by atoms with Crippen LogP contribution in [0, 0.1) is 11.6 Å². The van der Waals surface area contributed by atoms with Crippen LogP contribution in [0.1, 0.15) is 13.3 Å². The molecule has 0 atom stereocenters. The van der Waals surface area contributed by atoms with Gasteiger partial charge in [0, 0.05) is 32.1 Å². The van der Waals surface area contributed by atoms with Gasteiger partial charge in [-0.15, -0.1) is 0 Å². The fraction of sp³-hybridized carbons (Fsp3) is 0.333. The highest BCUT2D eigenvalue weighted by Crippen LogP contribution is 2.28. The third-order valence-electron chi connectivity index (χ3n) is 2.40. The summed E-state index contributed by atoms with van der Waals surface area (Å²) in [4.78, 5) is 8.05. The van der Waals surface area contributed by atoms with Crippen LogP contribution >= 0.6 is 11.8 Å². The fourth-order valence-corrected chi connectivity index (χ4v) is 2.21. The van der Waals surface area contributed by atoms with Crippen molar-refractivity contribution in [1.29, 1.82) is 0 Å². The molecule has 19 heavy (non-hydrogen) atoms. The Morgan fingerprint density at radius 1 is 1.37 bits per heavy atom. The van der Waals surface area contributed by atoms with Crippen LogP contribution in [0.25, 0.3) is 0 Å². The molecule has 0 fully saturated rings. The number of aryl methyl sites for hydroxylation is 1. The van der Waals surface area contributed by atoms with E-state index in [0.29, 0.717) is 11.7 Å². The van der Waals surface area contributed by atoms with Gasteiger partial charge < -0.3 is 9.88 Å². The second-order valence-corrected chi connectivity index (χ2v) is 4.91. The molecule has 7 heteroatoms. The molecule has 2 aromatic rings. The Morgan fingerprint density at radius 2 is 2.16 bits per heavy atom. The van der Waals surface area contributed by atoms with Crippen molar-refractivity contribution in [3.05, 3.63) is 30.1 Å². The van der Waals surface area contributed by atoms with Gasteiger partial charge in [0.1, 0.15) is 5.03 Å². The van der Waals surface area contributed by atoms with Gasteiger partial charge in [-0.2, -0.15) is 0 Å². The van der Waals surface area contributed by atoms with Crippen LogP contribution in [-0.4, -0.2) is 21.1 Å². The first-order valence-corrected chi connectivity index (χ1v) is 6.68. The topological polar surface area (TPSA) is 42.7 Å². The third-order valence-corrected chi connectivity index (χ3v) is 3.46. The summed E-state index contributed by atoms with van der Waals surface area (Å²) in [5.74, 6) is -1.30. The molecular weight excluding hydrogens is 270 g/mol. The number of nitrogens with zero attached hydrogens (tertiary/aromatic N) is 3. The SMILES string of the molecule is CCCNc1nc(Sc2nccn2C)c(F)cc1F. The van der Waals surface area contributed by atoms with E-state index in [1.165, 1.54) is 0 Å². The lowest BCUT2D eigenvalue weighted by Crippen LogP contribution is -2.06. The Labute approximate surface area is 114 Å². The number of aromatic nitrogens is 3. The number of rotatable bonds is 5. The van der Waals surface area contributed by atoms with Crippen molar-refractivity contribution in [2.45, 2.75) is 23.5 Å². The van der Waals surface area contributed by atoms with E-state index in [4.69, 9.17) is 0 Å². The summed E-state index contributed by atoms with van der Waals surface area (Å²) in [5, 5.41) is 3.53. The lowest BCUT2D eigenvalue weighted by atomic mass is 10.4. The standard InChI is InChI=1S/C12H14F2N4S/c1-3-4-15-10-8(13)7-9(14)11(17-10)19-12-16-5-6-18(12)2/h5-7H,3-4H2,1-2H3,(H,15,17). The van der Waals surface area contributed by atoms with Gasteiger partial charge in [-0.25, -0.2) is 18.7 Å². The molecule has 0 saturated heterocycles. The molecule has 0 spiro atoms. The molecule has 0 radical (unpaired) electrons. The zero-order valence-corrected chi connectivity index (χ0v) is 11.5. The molecule has 0 aromatic carbocycles. The molecule has 102 valence electrons. The largest absolute Gasteiger partial charge is 0.368 e. The van der Waals surface area contributed by atoms with Gasteiger partial charge in [0.2, 0.25) is 0 Å². The van der Waals surface area contributed by atoms with Gasteiger partial charge in [0.05, 0.1) is 0 Å². The molecule has 0 aliphatic rings. The van der Waals surface area contributed by atoms with Crippen LogP contribution < -0.4 is 5.32 Å². The normalized spacial score (nSPS) is 10.7. The number of halogens is 2. The third kappa shape index (κ3) is 3.23. The molecular formula is C12H14F2N4S. The van der Waals surface area contributed by atoms with E-state index in [2.05, 4.69) is 15.3 Å². The minimum atomic E-state index is -0.687. The minimum absolute atomic E-state index is 0.0694. The Kier molecular flexibility index (Phi) is 4.36. The van der Waals surface area contributed by atoms with E-state index in [9.17, 15) is 8.78 Å². The van der Waals surface area contributed by atoms with Crippen molar-refractivity contribution in [2.75, 3.05) is 11.9 Å². The zero-order chi connectivity index (χ0) is 13.8. The van der Waals surface area contributed by atoms with E-state index >= 15 is 0 Å². The lowest BCUT2D eigenvalue weighted by molar-refractivity contribution is 0.550. The first-order valence-electron chi connectivity index (χ1n) is 5.87. The number of nitrogens with one attached hydrogen (secondary N) is 1. The Balaban J connectivity index is 2.27. The average Bonchev–Trinajstić information content (AvgIpc) is 2.77. The van der Waals surface area contributed by atoms with E-state index < -0.39 is 11.6 Å². The fourth-order valence-electron chi connectivity index (χ4n) is 1.43. The maximum absolute atomic E-state index is 13.7. The summed E-state index contributed by atoms with van der Waals surface area (Å²) in [6, 6.07) is 0.844. The number of hydrogen-bond donors (Lipinski definition) is 1. The zero-order valence-electron chi connectivity index (χ0n) is 10.7. The van der Waals surface area contributed by atoms with Gasteiger partial charge in [0.25, 0.3) is 0 Å². The number of imidazole rings is 1. The minimum Gasteiger partial charge on any atom is -0.368 e. The molecule has 0 aliphatic carbocycles. The van der Waals surface area contributed by atoms with Crippen LogP contribution in [0.4, 0.5) is 14.6 Å². The predicted octanol–water partition coefficient (Wildman–Crippen LogP) is 3.07. The smallest absolute Gasteiger partial charge is 0.174 e. The molecule has 2 heterocycles. The van der Waals surface area contributed by atoms with Gasteiger partial charge in [-0.1, -0.05) is 6.92 Å². The summed E-state index contributed by atoms with van der Waals surface area (Å²) in [5.41, 5.74) is 0. The van der Waals surface area contributed by atoms with E-state index in [-0.39, 0.29) is 10.8 Å². The van der Waals surface area contributed by atoms with Crippen LogP contribution in [0.15, 0.2) is 28.6 Å². The van der Waals surface area contributed by atoms with Crippen molar-refractivity contribution in [2.24, 2.45) is 7.05 Å². The molecule has 1 N–H and O–H groups in total. The summed E-state index contributed by atoms with van der Waals surface area (Å²) >= 11 is 1.06. The van der Waals surface area contributed by atoms with Gasteiger partial charge in [0.15, 0.2) is 22.6 Å². The molecule has 0 saturated carbocycles. The van der Waals surface area contributed by atoms with Crippen LogP contribution in [0.5, 0.6) is 0 Å². The van der Waals surface area contributed by atoms with Crippen LogP contribution in [0.2, 0.25) is 0 Å². The molecule has 2 aromatic heterocycles. The summed E-state index contributed by atoms with van der Waals surface area (Å²) in [6.45, 7) is 2.54. The lowest BCUT2D eigenvalue weighted by Gasteiger charge is -2.08. The Morgan fingerprint density at radius 3 is 2.79 bits per heavy atom. The number of anilines is 1. The maximum atomic E-state index is 13.7. The molecule has 0 aliphatic heterocycles. The predicted molar refractivity (Wildman–Crippen MR) is 70.3 cm³/mol. The van der Waals surface area contributed by atoms with Crippen molar-refractivity contribution in [1.82, 2.24) is 14.5 Å². The number of pyridine rings is 1. The summed E-state index contributed by atoms with van der Waals surface area (Å²) in [6.07, 6.45) is 4.19. The van der Waals surface area contributed by atoms with Crippen LogP contribution in [0.3, 0.4) is 0 Å². The summed E-state index contributed by atoms with van der Waals surface area (Å²) in [7, 11) is 1.80. The molecule has 0 unspecified atom stereocenters. The highest BCUT2D eigenvalue weighted by molar-refractivity contribution is 7.99. The Bertz CT molecular complexity index is 571.